The SMILES string of the molecule is Nc1n[nH]c(C(=O)NCC2CCCC2C(=O)O)n1. The number of carboxylic acid groups (broad SMARTS) is 1. The highest BCUT2D eigenvalue weighted by Gasteiger charge is 2.33. The van der Waals surface area contributed by atoms with Gasteiger partial charge in [0, 0.05) is 6.54 Å². The minimum absolute atomic E-state index is 0.00410. The van der Waals surface area contributed by atoms with Crippen molar-refractivity contribution in [3.63, 3.8) is 0 Å². The molecule has 2 atom stereocenters. The molecule has 1 amide bonds. The van der Waals surface area contributed by atoms with E-state index in [1.165, 1.54) is 0 Å². The molecular formula is C10H15N5O3. The van der Waals surface area contributed by atoms with E-state index in [1.54, 1.807) is 0 Å². The summed E-state index contributed by atoms with van der Waals surface area (Å²) in [6.07, 6.45) is 2.37. The lowest BCUT2D eigenvalue weighted by atomic mass is 9.96. The Balaban J connectivity index is 1.88. The van der Waals surface area contributed by atoms with Crippen LogP contribution in [-0.2, 0) is 4.79 Å². The first-order valence-electron chi connectivity index (χ1n) is 5.77. The van der Waals surface area contributed by atoms with E-state index >= 15 is 0 Å². The lowest BCUT2D eigenvalue weighted by Crippen LogP contribution is -2.33. The molecule has 0 bridgehead atoms. The molecule has 0 spiro atoms. The maximum absolute atomic E-state index is 11.6. The largest absolute Gasteiger partial charge is 0.481 e. The summed E-state index contributed by atoms with van der Waals surface area (Å²) < 4.78 is 0. The molecule has 18 heavy (non-hydrogen) atoms. The number of hydrogen-bond donors (Lipinski definition) is 4. The molecule has 1 aliphatic carbocycles. The zero-order valence-corrected chi connectivity index (χ0v) is 9.72. The molecule has 0 aliphatic heterocycles. The van der Waals surface area contributed by atoms with E-state index in [9.17, 15) is 9.59 Å². The van der Waals surface area contributed by atoms with E-state index in [0.717, 1.165) is 12.8 Å². The van der Waals surface area contributed by atoms with Gasteiger partial charge < -0.3 is 16.2 Å². The monoisotopic (exact) mass is 253 g/mol. The maximum atomic E-state index is 11.6. The number of anilines is 1. The lowest BCUT2D eigenvalue weighted by molar-refractivity contribution is -0.142. The Morgan fingerprint density at radius 3 is 2.89 bits per heavy atom. The Labute approximate surface area is 103 Å². The molecule has 0 aromatic carbocycles. The third-order valence-corrected chi connectivity index (χ3v) is 3.22. The topological polar surface area (TPSA) is 134 Å². The Morgan fingerprint density at radius 2 is 2.28 bits per heavy atom. The van der Waals surface area contributed by atoms with E-state index in [2.05, 4.69) is 20.5 Å². The summed E-state index contributed by atoms with van der Waals surface area (Å²) in [4.78, 5) is 26.3. The average Bonchev–Trinajstić information content (AvgIpc) is 2.94. The molecule has 98 valence electrons. The lowest BCUT2D eigenvalue weighted by Gasteiger charge is -2.15. The van der Waals surface area contributed by atoms with Crippen LogP contribution in [0.3, 0.4) is 0 Å². The standard InChI is InChI=1S/C10H15N5O3/c11-10-13-7(14-15-10)8(16)12-4-5-2-1-3-6(5)9(17)18/h5-6H,1-4H2,(H,12,16)(H,17,18)(H3,11,13,14,15). The first-order valence-corrected chi connectivity index (χ1v) is 5.77. The molecule has 8 heteroatoms. The van der Waals surface area contributed by atoms with Crippen molar-refractivity contribution in [1.29, 1.82) is 0 Å². The summed E-state index contributed by atoms with van der Waals surface area (Å²) in [5.74, 6) is -1.57. The second kappa shape index (κ2) is 5.03. The third kappa shape index (κ3) is 2.58. The van der Waals surface area contributed by atoms with Gasteiger partial charge in [0.05, 0.1) is 5.92 Å². The van der Waals surface area contributed by atoms with E-state index in [-0.39, 0.29) is 23.6 Å². The van der Waals surface area contributed by atoms with Crippen LogP contribution in [0.2, 0.25) is 0 Å². The van der Waals surface area contributed by atoms with Crippen LogP contribution in [-0.4, -0.2) is 38.7 Å². The quantitative estimate of drug-likeness (QED) is 0.577. The van der Waals surface area contributed by atoms with Crippen LogP contribution >= 0.6 is 0 Å². The van der Waals surface area contributed by atoms with Crippen molar-refractivity contribution in [2.24, 2.45) is 11.8 Å². The first-order chi connectivity index (χ1) is 8.58. The number of amides is 1. The molecule has 0 saturated heterocycles. The smallest absolute Gasteiger partial charge is 0.306 e. The molecule has 2 unspecified atom stereocenters. The van der Waals surface area contributed by atoms with Gasteiger partial charge in [-0.2, -0.15) is 4.98 Å². The minimum Gasteiger partial charge on any atom is -0.481 e. The fourth-order valence-electron chi connectivity index (χ4n) is 2.29. The number of aliphatic carboxylic acids is 1. The van der Waals surface area contributed by atoms with Crippen LogP contribution in [0.5, 0.6) is 0 Å². The van der Waals surface area contributed by atoms with Gasteiger partial charge >= 0.3 is 5.97 Å². The maximum Gasteiger partial charge on any atom is 0.306 e. The number of aromatic amines is 1. The Morgan fingerprint density at radius 1 is 1.50 bits per heavy atom. The van der Waals surface area contributed by atoms with Gasteiger partial charge in [0.1, 0.15) is 0 Å². The minimum atomic E-state index is -0.796. The summed E-state index contributed by atoms with van der Waals surface area (Å²) >= 11 is 0. The van der Waals surface area contributed by atoms with Gasteiger partial charge in [0.25, 0.3) is 5.91 Å². The van der Waals surface area contributed by atoms with E-state index in [4.69, 9.17) is 10.8 Å². The van der Waals surface area contributed by atoms with Gasteiger partial charge in [-0.15, -0.1) is 5.10 Å². The van der Waals surface area contributed by atoms with E-state index in [0.29, 0.717) is 13.0 Å². The molecular weight excluding hydrogens is 238 g/mol. The number of carbonyl (C=O) groups excluding carboxylic acids is 1. The normalized spacial score (nSPS) is 22.9. The number of nitrogens with zero attached hydrogens (tertiary/aromatic N) is 2. The highest BCUT2D eigenvalue weighted by Crippen LogP contribution is 2.31. The number of carboxylic acids is 1. The number of aromatic nitrogens is 3. The Bertz CT molecular complexity index is 458. The van der Waals surface area contributed by atoms with Crippen molar-refractivity contribution in [3.05, 3.63) is 5.82 Å². The second-order valence-corrected chi connectivity index (χ2v) is 4.39. The molecule has 2 rings (SSSR count). The van der Waals surface area contributed by atoms with E-state index in [1.807, 2.05) is 0 Å². The number of nitrogens with one attached hydrogen (secondary N) is 2. The van der Waals surface area contributed by atoms with Crippen molar-refractivity contribution in [2.75, 3.05) is 12.3 Å². The molecule has 1 saturated carbocycles. The number of H-pyrrole nitrogens is 1. The highest BCUT2D eigenvalue weighted by molar-refractivity contribution is 5.90. The van der Waals surface area contributed by atoms with Gasteiger partial charge in [-0.25, -0.2) is 0 Å². The van der Waals surface area contributed by atoms with Crippen LogP contribution in [0.1, 0.15) is 29.9 Å². The second-order valence-electron chi connectivity index (χ2n) is 4.39. The van der Waals surface area contributed by atoms with Gasteiger partial charge in [-0.3, -0.25) is 14.7 Å². The van der Waals surface area contributed by atoms with Gasteiger partial charge in [-0.1, -0.05) is 6.42 Å². The molecule has 1 aromatic heterocycles. The van der Waals surface area contributed by atoms with E-state index < -0.39 is 11.9 Å². The fraction of sp³-hybridized carbons (Fsp3) is 0.600. The van der Waals surface area contributed by atoms with Crippen molar-refractivity contribution in [1.82, 2.24) is 20.5 Å². The Hall–Kier alpha value is -2.12. The number of nitrogen functional groups attached to an aromatic ring is 1. The fourth-order valence-corrected chi connectivity index (χ4v) is 2.29. The number of hydrogen-bond acceptors (Lipinski definition) is 5. The van der Waals surface area contributed by atoms with Crippen molar-refractivity contribution in [2.45, 2.75) is 19.3 Å². The molecule has 1 fully saturated rings. The summed E-state index contributed by atoms with van der Waals surface area (Å²) in [5, 5.41) is 17.6. The zero-order valence-electron chi connectivity index (χ0n) is 9.72. The van der Waals surface area contributed by atoms with Crippen molar-refractivity contribution < 1.29 is 14.7 Å². The summed E-state index contributed by atoms with van der Waals surface area (Å²) in [6.45, 7) is 0.330. The van der Waals surface area contributed by atoms with Crippen LogP contribution < -0.4 is 11.1 Å². The summed E-state index contributed by atoms with van der Waals surface area (Å²) in [7, 11) is 0. The summed E-state index contributed by atoms with van der Waals surface area (Å²) in [5.41, 5.74) is 5.29. The van der Waals surface area contributed by atoms with Gasteiger partial charge in [0.2, 0.25) is 11.8 Å². The zero-order chi connectivity index (χ0) is 13.1. The first kappa shape index (κ1) is 12.3. The average molecular weight is 253 g/mol. The predicted molar refractivity (Wildman–Crippen MR) is 61.6 cm³/mol. The molecule has 1 heterocycles. The molecule has 0 radical (unpaired) electrons. The van der Waals surface area contributed by atoms with Crippen molar-refractivity contribution in [3.8, 4) is 0 Å². The number of nitrogens with two attached hydrogens (primary N) is 1. The molecule has 1 aromatic rings. The predicted octanol–water partition coefficient (Wildman–Crippen LogP) is -0.382. The number of carbonyl (C=O) groups is 2. The molecule has 5 N–H and O–H groups in total. The molecule has 1 aliphatic rings. The summed E-state index contributed by atoms with van der Waals surface area (Å²) in [6, 6.07) is 0. The van der Waals surface area contributed by atoms with Crippen LogP contribution in [0, 0.1) is 11.8 Å². The van der Waals surface area contributed by atoms with Crippen LogP contribution in [0.15, 0.2) is 0 Å². The van der Waals surface area contributed by atoms with Crippen LogP contribution in [0.25, 0.3) is 0 Å². The molecule has 8 nitrogen and oxygen atoms in total. The third-order valence-electron chi connectivity index (χ3n) is 3.22. The number of rotatable bonds is 4. The van der Waals surface area contributed by atoms with Crippen LogP contribution in [0.4, 0.5) is 5.95 Å². The van der Waals surface area contributed by atoms with Gasteiger partial charge in [-0.05, 0) is 18.8 Å². The highest BCUT2D eigenvalue weighted by atomic mass is 16.4. The van der Waals surface area contributed by atoms with Gasteiger partial charge in [0.15, 0.2) is 0 Å². The van der Waals surface area contributed by atoms with Crippen molar-refractivity contribution >= 4 is 17.8 Å². The Kier molecular flexibility index (Phi) is 3.45.